The Morgan fingerprint density at radius 1 is 1.00 bits per heavy atom. The molecule has 0 radical (unpaired) electrons. The largest absolute Gasteiger partial charge is 0.0723 e. The molecular weight excluding hydrogens is 228 g/mol. The summed E-state index contributed by atoms with van der Waals surface area (Å²) in [6.45, 7) is 2.24. The summed E-state index contributed by atoms with van der Waals surface area (Å²) in [4.78, 5) is 0. The van der Waals surface area contributed by atoms with Gasteiger partial charge in [0.05, 0.1) is 4.58 Å². The smallest absolute Gasteiger partial charge is 0.0663 e. The molecule has 9 heavy (non-hydrogen) atoms. The molecule has 0 spiro atoms. The van der Waals surface area contributed by atoms with Crippen molar-refractivity contribution in [2.75, 3.05) is 0 Å². The van der Waals surface area contributed by atoms with Crippen LogP contribution in [0.1, 0.15) is 13.3 Å². The fourth-order valence-corrected chi connectivity index (χ4v) is 14.7. The maximum Gasteiger partial charge on any atom is 0.0723 e. The zero-order valence-corrected chi connectivity index (χ0v) is 9.63. The van der Waals surface area contributed by atoms with Crippen molar-refractivity contribution in [3.63, 3.8) is 0 Å². The molecule has 0 unspecified atom stereocenters. The van der Waals surface area contributed by atoms with Gasteiger partial charge in [-0.2, -0.15) is 0 Å². The highest BCUT2D eigenvalue weighted by molar-refractivity contribution is 9.43. The highest BCUT2D eigenvalue weighted by Crippen LogP contribution is 2.61. The minimum Gasteiger partial charge on any atom is -0.0663 e. The first-order valence-corrected chi connectivity index (χ1v) is 10.0. The number of hydrogen-bond donors (Lipinski definition) is 0. The van der Waals surface area contributed by atoms with E-state index in [0.29, 0.717) is 0 Å². The topological polar surface area (TPSA) is 0 Å². The van der Waals surface area contributed by atoms with Gasteiger partial charge in [-0.15, -0.1) is 0 Å². The van der Waals surface area contributed by atoms with Crippen LogP contribution in [-0.4, -0.2) is 4.58 Å². The van der Waals surface area contributed by atoms with Crippen molar-refractivity contribution < 1.29 is 0 Å². The van der Waals surface area contributed by atoms with Gasteiger partial charge >= 0.3 is 0 Å². The molecule has 1 rings (SSSR count). The van der Waals surface area contributed by atoms with E-state index in [1.165, 1.54) is 6.42 Å². The summed E-state index contributed by atoms with van der Waals surface area (Å²) in [5, 5.41) is 0. The highest BCUT2D eigenvalue weighted by Gasteiger charge is 2.12. The minimum absolute atomic E-state index is 0.794. The van der Waals surface area contributed by atoms with Crippen LogP contribution in [-0.2, 0) is 0 Å². The lowest BCUT2D eigenvalue weighted by molar-refractivity contribution is 1.07. The lowest BCUT2D eigenvalue weighted by Gasteiger charge is -2.04. The molecule has 0 aliphatic carbocycles. The summed E-state index contributed by atoms with van der Waals surface area (Å²) >= 11 is 0. The second kappa shape index (κ2) is 5.71. The molecule has 0 N–H and O–H groups in total. The summed E-state index contributed by atoms with van der Waals surface area (Å²) < 4.78 is 0.794. The third kappa shape index (κ3) is 3.86. The van der Waals surface area contributed by atoms with Crippen LogP contribution in [0.3, 0.4) is 0 Å². The first kappa shape index (κ1) is 9.19. The van der Waals surface area contributed by atoms with Gasteiger partial charge in [0, 0.05) is 0 Å². The molecule has 1 fully saturated rings. The van der Waals surface area contributed by atoms with Crippen molar-refractivity contribution in [3.8, 4) is 0 Å². The Kier molecular flexibility index (Phi) is 5.83. The first-order chi connectivity index (χ1) is 4.43. The molecule has 1 aliphatic rings. The standard InChI is InChI=1S/C3H6S6/c1-2-3-4-6-8-9-7-5-3/h3H,2H2,1H3. The van der Waals surface area contributed by atoms with Crippen LogP contribution < -0.4 is 0 Å². The van der Waals surface area contributed by atoms with Gasteiger partial charge in [-0.25, -0.2) is 0 Å². The maximum absolute atomic E-state index is 2.24. The molecule has 0 bridgehead atoms. The Morgan fingerprint density at radius 2 is 1.56 bits per heavy atom. The summed E-state index contributed by atoms with van der Waals surface area (Å²) in [5.41, 5.74) is 0. The third-order valence-corrected chi connectivity index (χ3v) is 13.2. The summed E-state index contributed by atoms with van der Waals surface area (Å²) in [6.07, 6.45) is 1.27. The molecule has 54 valence electrons. The molecule has 0 aromatic carbocycles. The van der Waals surface area contributed by atoms with E-state index in [-0.39, 0.29) is 0 Å². The summed E-state index contributed by atoms with van der Waals surface area (Å²) in [7, 11) is 11.5. The molecule has 0 atom stereocenters. The molecular formula is C3H6S6. The molecule has 1 aliphatic heterocycles. The van der Waals surface area contributed by atoms with E-state index < -0.39 is 0 Å². The normalized spacial score (nSPS) is 23.7. The van der Waals surface area contributed by atoms with Crippen LogP contribution in [0.25, 0.3) is 0 Å². The summed E-state index contributed by atoms with van der Waals surface area (Å²) in [6, 6.07) is 0. The molecule has 0 amide bonds. The van der Waals surface area contributed by atoms with E-state index in [0.717, 1.165) is 4.58 Å². The van der Waals surface area contributed by atoms with Crippen LogP contribution in [0.2, 0.25) is 0 Å². The molecule has 0 aromatic rings. The highest BCUT2D eigenvalue weighted by atomic mass is 33.9. The Labute approximate surface area is 78.2 Å². The lowest BCUT2D eigenvalue weighted by atomic mass is 10.6. The minimum atomic E-state index is 0.794. The zero-order chi connectivity index (χ0) is 6.53. The molecule has 0 aromatic heterocycles. The van der Waals surface area contributed by atoms with Crippen molar-refractivity contribution in [2.45, 2.75) is 17.9 Å². The molecule has 1 heterocycles. The van der Waals surface area contributed by atoms with E-state index in [2.05, 4.69) is 6.92 Å². The predicted molar refractivity (Wildman–Crippen MR) is 59.6 cm³/mol. The van der Waals surface area contributed by atoms with E-state index in [9.17, 15) is 0 Å². The van der Waals surface area contributed by atoms with Crippen LogP contribution in [0.5, 0.6) is 0 Å². The second-order valence-corrected chi connectivity index (χ2v) is 11.4. The van der Waals surface area contributed by atoms with Crippen LogP contribution >= 0.6 is 60.9 Å². The maximum atomic E-state index is 2.24. The fraction of sp³-hybridized carbons (Fsp3) is 1.00. The quantitative estimate of drug-likeness (QED) is 0.598. The van der Waals surface area contributed by atoms with Gasteiger partial charge in [-0.05, 0) is 45.7 Å². The van der Waals surface area contributed by atoms with Gasteiger partial charge in [0.25, 0.3) is 0 Å². The van der Waals surface area contributed by atoms with Gasteiger partial charge in [-0.3, -0.25) is 0 Å². The zero-order valence-electron chi connectivity index (χ0n) is 4.73. The first-order valence-electron chi connectivity index (χ1n) is 2.42. The van der Waals surface area contributed by atoms with Gasteiger partial charge < -0.3 is 0 Å². The van der Waals surface area contributed by atoms with E-state index >= 15 is 0 Å². The number of rotatable bonds is 1. The SMILES string of the molecule is CCC1SSSSSS1. The molecule has 0 nitrogen and oxygen atoms in total. The molecule has 1 saturated heterocycles. The number of hydrogen-bond acceptors (Lipinski definition) is 6. The van der Waals surface area contributed by atoms with Gasteiger partial charge in [0.1, 0.15) is 0 Å². The van der Waals surface area contributed by atoms with E-state index in [1.807, 2.05) is 60.9 Å². The van der Waals surface area contributed by atoms with Gasteiger partial charge in [0.2, 0.25) is 0 Å². The average Bonchev–Trinajstić information content (AvgIpc) is 2.13. The monoisotopic (exact) mass is 234 g/mol. The Bertz CT molecular complexity index is 66.7. The van der Waals surface area contributed by atoms with Gasteiger partial charge in [-0.1, -0.05) is 28.5 Å². The second-order valence-electron chi connectivity index (χ2n) is 1.30. The molecule has 6 heteroatoms. The van der Waals surface area contributed by atoms with Crippen molar-refractivity contribution in [1.29, 1.82) is 0 Å². The lowest BCUT2D eigenvalue weighted by Crippen LogP contribution is -1.85. The van der Waals surface area contributed by atoms with Crippen LogP contribution in [0, 0.1) is 0 Å². The Morgan fingerprint density at radius 3 is 2.00 bits per heavy atom. The van der Waals surface area contributed by atoms with E-state index in [4.69, 9.17) is 0 Å². The molecule has 0 saturated carbocycles. The third-order valence-electron chi connectivity index (χ3n) is 0.710. The average molecular weight is 234 g/mol. The fourth-order valence-electron chi connectivity index (χ4n) is 0.295. The van der Waals surface area contributed by atoms with Crippen molar-refractivity contribution >= 4 is 60.9 Å². The predicted octanol–water partition coefficient (Wildman–Crippen LogP) is 4.71. The van der Waals surface area contributed by atoms with Gasteiger partial charge in [0.15, 0.2) is 0 Å². The van der Waals surface area contributed by atoms with Crippen molar-refractivity contribution in [1.82, 2.24) is 0 Å². The van der Waals surface area contributed by atoms with Crippen LogP contribution in [0.15, 0.2) is 0 Å². The Balaban J connectivity index is 2.18. The van der Waals surface area contributed by atoms with E-state index in [1.54, 1.807) is 0 Å². The summed E-state index contributed by atoms with van der Waals surface area (Å²) in [5.74, 6) is 0. The van der Waals surface area contributed by atoms with Crippen molar-refractivity contribution in [2.24, 2.45) is 0 Å². The van der Waals surface area contributed by atoms with Crippen LogP contribution in [0.4, 0.5) is 0 Å². The Hall–Kier alpha value is 2.10. The van der Waals surface area contributed by atoms with Crippen molar-refractivity contribution in [3.05, 3.63) is 0 Å².